The first-order valence-electron chi connectivity index (χ1n) is 4.47. The van der Waals surface area contributed by atoms with Gasteiger partial charge in [-0.2, -0.15) is 0 Å². The van der Waals surface area contributed by atoms with Gasteiger partial charge in [-0.15, -0.1) is 0 Å². The number of halogens is 2. The summed E-state index contributed by atoms with van der Waals surface area (Å²) in [6, 6.07) is 5.17. The molecule has 0 atom stereocenters. The molecule has 1 aromatic rings. The molecule has 0 bridgehead atoms. The van der Waals surface area contributed by atoms with Gasteiger partial charge in [0.05, 0.1) is 0 Å². The molecule has 0 spiro atoms. The van der Waals surface area contributed by atoms with Gasteiger partial charge < -0.3 is 0 Å². The Morgan fingerprint density at radius 2 is 2.00 bits per heavy atom. The quantitative estimate of drug-likeness (QED) is 0.773. The van der Waals surface area contributed by atoms with Gasteiger partial charge in [0.2, 0.25) is 0 Å². The van der Waals surface area contributed by atoms with E-state index in [0.717, 1.165) is 5.56 Å². The van der Waals surface area contributed by atoms with Crippen LogP contribution in [0.2, 0.25) is 10.0 Å². The highest BCUT2D eigenvalue weighted by Crippen LogP contribution is 2.21. The molecule has 0 aromatic heterocycles. The van der Waals surface area contributed by atoms with Gasteiger partial charge in [-0.3, -0.25) is 4.79 Å². The Bertz CT molecular complexity index is 345. The van der Waals surface area contributed by atoms with E-state index in [2.05, 4.69) is 0 Å². The number of hydrogen-bond donors (Lipinski definition) is 0. The van der Waals surface area contributed by atoms with Crippen LogP contribution in [0.25, 0.3) is 0 Å². The highest BCUT2D eigenvalue weighted by Gasteiger charge is 2.10. The van der Waals surface area contributed by atoms with E-state index in [4.69, 9.17) is 23.2 Å². The summed E-state index contributed by atoms with van der Waals surface area (Å²) in [7, 11) is 0. The number of Topliss-reactive ketones (excluding diaryl/α,β-unsaturated/α-hetero) is 1. The number of ketones is 1. The van der Waals surface area contributed by atoms with Gasteiger partial charge in [0.25, 0.3) is 0 Å². The van der Waals surface area contributed by atoms with Crippen molar-refractivity contribution in [2.24, 2.45) is 5.92 Å². The number of rotatable bonds is 3. The minimum atomic E-state index is 0.0325. The minimum Gasteiger partial charge on any atom is -0.299 e. The van der Waals surface area contributed by atoms with Gasteiger partial charge in [0.15, 0.2) is 0 Å². The standard InChI is InChI=1S/C11H12Cl2O/c1-7(2)11(14)6-8-5-9(12)3-4-10(8)13/h3-5,7H,6H2,1-2H3. The van der Waals surface area contributed by atoms with Crippen molar-refractivity contribution < 1.29 is 4.79 Å². The first-order chi connectivity index (χ1) is 6.50. The zero-order valence-corrected chi connectivity index (χ0v) is 9.69. The first-order valence-corrected chi connectivity index (χ1v) is 5.23. The van der Waals surface area contributed by atoms with E-state index >= 15 is 0 Å². The van der Waals surface area contributed by atoms with Crippen LogP contribution in [0, 0.1) is 5.92 Å². The molecule has 0 amide bonds. The molecule has 1 rings (SSSR count). The van der Waals surface area contributed by atoms with Gasteiger partial charge in [0, 0.05) is 22.4 Å². The van der Waals surface area contributed by atoms with Gasteiger partial charge in [-0.25, -0.2) is 0 Å². The van der Waals surface area contributed by atoms with Crippen molar-refractivity contribution in [2.75, 3.05) is 0 Å². The fourth-order valence-electron chi connectivity index (χ4n) is 1.07. The molecule has 0 radical (unpaired) electrons. The van der Waals surface area contributed by atoms with Crippen LogP contribution >= 0.6 is 23.2 Å². The normalized spacial score (nSPS) is 10.6. The summed E-state index contributed by atoms with van der Waals surface area (Å²) in [6.07, 6.45) is 0.358. The highest BCUT2D eigenvalue weighted by molar-refractivity contribution is 6.33. The average Bonchev–Trinajstić information content (AvgIpc) is 2.11. The largest absolute Gasteiger partial charge is 0.299 e. The highest BCUT2D eigenvalue weighted by atomic mass is 35.5. The Balaban J connectivity index is 2.86. The topological polar surface area (TPSA) is 17.1 Å². The summed E-state index contributed by atoms with van der Waals surface area (Å²) in [6.45, 7) is 3.75. The van der Waals surface area contributed by atoms with Crippen molar-refractivity contribution in [1.82, 2.24) is 0 Å². The first kappa shape index (κ1) is 11.5. The lowest BCUT2D eigenvalue weighted by atomic mass is 10.0. The van der Waals surface area contributed by atoms with Crippen molar-refractivity contribution in [3.63, 3.8) is 0 Å². The Labute approximate surface area is 94.0 Å². The maximum atomic E-state index is 11.5. The second kappa shape index (κ2) is 4.81. The van der Waals surface area contributed by atoms with Crippen LogP contribution in [-0.4, -0.2) is 5.78 Å². The molecule has 3 heteroatoms. The fraction of sp³-hybridized carbons (Fsp3) is 0.364. The molecule has 0 aliphatic heterocycles. The Morgan fingerprint density at radius 3 is 2.57 bits per heavy atom. The molecule has 0 fully saturated rings. The number of hydrogen-bond acceptors (Lipinski definition) is 1. The smallest absolute Gasteiger partial charge is 0.139 e. The maximum absolute atomic E-state index is 11.5. The molecule has 1 aromatic carbocycles. The van der Waals surface area contributed by atoms with Crippen molar-refractivity contribution >= 4 is 29.0 Å². The zero-order valence-electron chi connectivity index (χ0n) is 8.18. The molecular formula is C11H12Cl2O. The van der Waals surface area contributed by atoms with Crippen LogP contribution in [0.1, 0.15) is 19.4 Å². The predicted molar refractivity (Wildman–Crippen MR) is 60.0 cm³/mol. The zero-order chi connectivity index (χ0) is 10.7. The van der Waals surface area contributed by atoms with Crippen molar-refractivity contribution in [3.05, 3.63) is 33.8 Å². The molecule has 1 nitrogen and oxygen atoms in total. The van der Waals surface area contributed by atoms with Crippen LogP contribution < -0.4 is 0 Å². The number of benzene rings is 1. The van der Waals surface area contributed by atoms with E-state index in [1.165, 1.54) is 0 Å². The molecular weight excluding hydrogens is 219 g/mol. The number of carbonyl (C=O) groups excluding carboxylic acids is 1. The van der Waals surface area contributed by atoms with Crippen molar-refractivity contribution in [2.45, 2.75) is 20.3 Å². The molecule has 0 saturated heterocycles. The predicted octanol–water partition coefficient (Wildman–Crippen LogP) is 3.76. The van der Waals surface area contributed by atoms with Gasteiger partial charge in [0.1, 0.15) is 5.78 Å². The van der Waals surface area contributed by atoms with Crippen LogP contribution in [0.3, 0.4) is 0 Å². The molecule has 14 heavy (non-hydrogen) atoms. The monoisotopic (exact) mass is 230 g/mol. The van der Waals surface area contributed by atoms with Crippen LogP contribution in [0.15, 0.2) is 18.2 Å². The molecule has 0 heterocycles. The second-order valence-corrected chi connectivity index (χ2v) is 4.38. The summed E-state index contributed by atoms with van der Waals surface area (Å²) < 4.78 is 0. The molecule has 0 saturated carbocycles. The van der Waals surface area contributed by atoms with Crippen LogP contribution in [0.5, 0.6) is 0 Å². The van der Waals surface area contributed by atoms with Crippen LogP contribution in [-0.2, 0) is 11.2 Å². The Morgan fingerprint density at radius 1 is 1.36 bits per heavy atom. The maximum Gasteiger partial charge on any atom is 0.139 e. The molecule has 0 aliphatic rings. The van der Waals surface area contributed by atoms with E-state index in [0.29, 0.717) is 16.5 Å². The van der Waals surface area contributed by atoms with E-state index in [1.807, 2.05) is 13.8 Å². The van der Waals surface area contributed by atoms with Gasteiger partial charge in [-0.1, -0.05) is 37.0 Å². The van der Waals surface area contributed by atoms with E-state index in [-0.39, 0.29) is 11.7 Å². The van der Waals surface area contributed by atoms with Crippen molar-refractivity contribution in [1.29, 1.82) is 0 Å². The minimum absolute atomic E-state index is 0.0325. The Hall–Kier alpha value is -0.530. The average molecular weight is 231 g/mol. The summed E-state index contributed by atoms with van der Waals surface area (Å²) in [5.41, 5.74) is 0.804. The fourth-order valence-corrected chi connectivity index (χ4v) is 1.45. The van der Waals surface area contributed by atoms with Crippen molar-refractivity contribution in [3.8, 4) is 0 Å². The van der Waals surface area contributed by atoms with Gasteiger partial charge in [-0.05, 0) is 23.8 Å². The molecule has 0 unspecified atom stereocenters. The lowest BCUT2D eigenvalue weighted by molar-refractivity contribution is -0.121. The molecule has 0 N–H and O–H groups in total. The van der Waals surface area contributed by atoms with Gasteiger partial charge >= 0.3 is 0 Å². The summed E-state index contributed by atoms with van der Waals surface area (Å²) >= 11 is 11.7. The van der Waals surface area contributed by atoms with E-state index in [9.17, 15) is 4.79 Å². The number of carbonyl (C=O) groups is 1. The lowest BCUT2D eigenvalue weighted by Crippen LogP contribution is -2.10. The lowest BCUT2D eigenvalue weighted by Gasteiger charge is -2.06. The Kier molecular flexibility index (Phi) is 3.97. The molecule has 76 valence electrons. The van der Waals surface area contributed by atoms with Crippen LogP contribution in [0.4, 0.5) is 0 Å². The SMILES string of the molecule is CC(C)C(=O)Cc1cc(Cl)ccc1Cl. The second-order valence-electron chi connectivity index (χ2n) is 3.53. The summed E-state index contributed by atoms with van der Waals surface area (Å²) in [4.78, 5) is 11.5. The third-order valence-electron chi connectivity index (χ3n) is 2.02. The summed E-state index contributed by atoms with van der Waals surface area (Å²) in [5, 5.41) is 1.21. The summed E-state index contributed by atoms with van der Waals surface area (Å²) in [5.74, 6) is 0.208. The van der Waals surface area contributed by atoms with E-state index in [1.54, 1.807) is 18.2 Å². The molecule has 0 aliphatic carbocycles. The third kappa shape index (κ3) is 3.00. The van der Waals surface area contributed by atoms with E-state index < -0.39 is 0 Å². The third-order valence-corrected chi connectivity index (χ3v) is 2.62.